The van der Waals surface area contributed by atoms with E-state index in [1.54, 1.807) is 11.5 Å². The maximum atomic E-state index is 12.8. The number of aliphatic imine (C=N–C) groups is 1. The van der Waals surface area contributed by atoms with Crippen LogP contribution in [0, 0.1) is 5.92 Å². The number of allylic oxidation sites excluding steroid dienone is 1. The Morgan fingerprint density at radius 1 is 1.20 bits per heavy atom. The van der Waals surface area contributed by atoms with E-state index in [4.69, 9.17) is 0 Å². The van der Waals surface area contributed by atoms with Gasteiger partial charge in [-0.2, -0.15) is 13.2 Å². The van der Waals surface area contributed by atoms with Crippen molar-refractivity contribution < 1.29 is 13.2 Å². The molecule has 4 nitrogen and oxygen atoms in total. The first-order valence-corrected chi connectivity index (χ1v) is 10.0. The Balaban J connectivity index is 2.44. The van der Waals surface area contributed by atoms with E-state index in [9.17, 15) is 13.2 Å². The van der Waals surface area contributed by atoms with Gasteiger partial charge in [-0.25, -0.2) is 5.43 Å². The molecule has 0 aliphatic rings. The topological polar surface area (TPSA) is 39.7 Å². The quantitative estimate of drug-likeness (QED) is 0.245. The van der Waals surface area contributed by atoms with Gasteiger partial charge in [0.2, 0.25) is 0 Å². The van der Waals surface area contributed by atoms with Gasteiger partial charge < -0.3 is 5.32 Å². The maximum absolute atomic E-state index is 12.8. The summed E-state index contributed by atoms with van der Waals surface area (Å²) in [5.74, 6) is 0.327. The molecule has 0 aromatic heterocycles. The minimum absolute atomic E-state index is 0.327. The Kier molecular flexibility index (Phi) is 8.37. The Labute approximate surface area is 181 Å². The molecule has 0 bridgehead atoms. The molecule has 1 unspecified atom stereocenters. The second-order valence-electron chi connectivity index (χ2n) is 6.80. The third-order valence-electron chi connectivity index (χ3n) is 4.61. The lowest BCUT2D eigenvalue weighted by Gasteiger charge is -2.20. The van der Waals surface area contributed by atoms with Gasteiger partial charge in [-0.3, -0.25) is 9.41 Å². The lowest BCUT2D eigenvalue weighted by molar-refractivity contribution is -0.137. The molecular weight excluding hydrogens is 409 g/mol. The predicted octanol–water partition coefficient (Wildman–Crippen LogP) is 6.71. The number of anilines is 3. The number of hydrazine groups is 1. The lowest BCUT2D eigenvalue weighted by Crippen LogP contribution is -2.24. The van der Waals surface area contributed by atoms with Crippen LogP contribution in [0.2, 0.25) is 0 Å². The summed E-state index contributed by atoms with van der Waals surface area (Å²) < 4.78 is 40.1. The van der Waals surface area contributed by atoms with Crippen molar-refractivity contribution in [3.8, 4) is 0 Å². The summed E-state index contributed by atoms with van der Waals surface area (Å²) in [5.41, 5.74) is 5.88. The van der Waals surface area contributed by atoms with Crippen LogP contribution in [0.3, 0.4) is 0 Å². The van der Waals surface area contributed by atoms with Crippen LogP contribution in [-0.2, 0) is 6.18 Å². The molecule has 0 heterocycles. The second-order valence-corrected chi connectivity index (χ2v) is 7.20. The van der Waals surface area contributed by atoms with Crippen LogP contribution in [0.1, 0.15) is 38.3 Å². The summed E-state index contributed by atoms with van der Waals surface area (Å²) in [6, 6.07) is 10.6. The van der Waals surface area contributed by atoms with Crippen LogP contribution >= 0.6 is 12.8 Å². The molecule has 0 spiro atoms. The number of hydrogen-bond acceptors (Lipinski definition) is 5. The zero-order valence-electron chi connectivity index (χ0n) is 17.5. The Morgan fingerprint density at radius 3 is 2.40 bits per heavy atom. The highest BCUT2D eigenvalue weighted by atomic mass is 32.1. The van der Waals surface area contributed by atoms with Gasteiger partial charge in [-0.05, 0) is 74.5 Å². The molecule has 0 aliphatic heterocycles. The molecule has 2 rings (SSSR count). The van der Waals surface area contributed by atoms with E-state index in [0.29, 0.717) is 11.6 Å². The average molecular weight is 437 g/mol. The van der Waals surface area contributed by atoms with Gasteiger partial charge in [-0.1, -0.05) is 19.9 Å². The third kappa shape index (κ3) is 6.27. The van der Waals surface area contributed by atoms with E-state index in [1.807, 2.05) is 37.4 Å². The van der Waals surface area contributed by atoms with Crippen molar-refractivity contribution in [1.82, 2.24) is 5.43 Å². The van der Waals surface area contributed by atoms with Gasteiger partial charge in [0.1, 0.15) is 0 Å². The van der Waals surface area contributed by atoms with Gasteiger partial charge in [0.25, 0.3) is 0 Å². The van der Waals surface area contributed by atoms with Crippen LogP contribution in [0.5, 0.6) is 0 Å². The molecule has 8 heteroatoms. The third-order valence-corrected chi connectivity index (χ3v) is 5.04. The van der Waals surface area contributed by atoms with Gasteiger partial charge in [-0.15, -0.1) is 0 Å². The summed E-state index contributed by atoms with van der Waals surface area (Å²) in [4.78, 5) is 4.64. The molecule has 162 valence electrons. The molecule has 0 aliphatic carbocycles. The number of nitrogens with zero attached hydrogens (tertiary/aromatic N) is 2. The van der Waals surface area contributed by atoms with Crippen molar-refractivity contribution in [3.05, 3.63) is 59.7 Å². The standard InChI is InChI=1S/C22H27F3N4S/c1-5-15(3)14-27-20(6-2)19-13-18(29(30)26-4)11-12-21(19)28-17-9-7-16(8-10-17)22(23,24)25/h6-15,26,28,30H,5H2,1-4H3/b20-6-,27-14?. The minimum Gasteiger partial charge on any atom is -0.355 e. The molecule has 0 amide bonds. The first-order chi connectivity index (χ1) is 14.2. The summed E-state index contributed by atoms with van der Waals surface area (Å²) in [6.45, 7) is 6.08. The van der Waals surface area contributed by atoms with Crippen LogP contribution in [0.4, 0.5) is 30.2 Å². The maximum Gasteiger partial charge on any atom is 0.416 e. The Hall–Kier alpha value is -2.45. The van der Waals surface area contributed by atoms with Gasteiger partial charge >= 0.3 is 6.18 Å². The number of benzene rings is 2. The van der Waals surface area contributed by atoms with Crippen LogP contribution in [0.25, 0.3) is 5.70 Å². The first kappa shape index (κ1) is 23.8. The van der Waals surface area contributed by atoms with Crippen molar-refractivity contribution in [2.24, 2.45) is 10.9 Å². The molecule has 1 atom stereocenters. The van der Waals surface area contributed by atoms with E-state index in [2.05, 4.69) is 42.4 Å². The molecule has 0 fully saturated rings. The SMILES string of the molecule is C/C=C(\N=CC(C)CC)c1cc(N(S)NC)ccc1Nc1ccc(C(F)(F)F)cc1. The fourth-order valence-corrected chi connectivity index (χ4v) is 2.75. The van der Waals surface area contributed by atoms with Crippen molar-refractivity contribution in [3.63, 3.8) is 0 Å². The average Bonchev–Trinajstić information content (AvgIpc) is 2.73. The van der Waals surface area contributed by atoms with E-state index < -0.39 is 11.7 Å². The number of hydrogen-bond donors (Lipinski definition) is 3. The van der Waals surface area contributed by atoms with Crippen molar-refractivity contribution in [2.45, 2.75) is 33.4 Å². The summed E-state index contributed by atoms with van der Waals surface area (Å²) in [5, 5.41) is 3.21. The lowest BCUT2D eigenvalue weighted by atomic mass is 10.1. The highest BCUT2D eigenvalue weighted by molar-refractivity contribution is 7.81. The molecule has 2 aromatic carbocycles. The zero-order valence-corrected chi connectivity index (χ0v) is 18.4. The number of thiol groups is 1. The van der Waals surface area contributed by atoms with E-state index in [0.717, 1.165) is 41.2 Å². The molecule has 0 saturated carbocycles. The Bertz CT molecular complexity index is 892. The predicted molar refractivity (Wildman–Crippen MR) is 123 cm³/mol. The normalized spacial score (nSPS) is 13.5. The van der Waals surface area contributed by atoms with E-state index in [-0.39, 0.29) is 0 Å². The highest BCUT2D eigenvalue weighted by Crippen LogP contribution is 2.34. The van der Waals surface area contributed by atoms with Gasteiger partial charge in [0.15, 0.2) is 0 Å². The van der Waals surface area contributed by atoms with E-state index in [1.165, 1.54) is 12.1 Å². The van der Waals surface area contributed by atoms with E-state index >= 15 is 0 Å². The van der Waals surface area contributed by atoms with Crippen molar-refractivity contribution in [2.75, 3.05) is 16.8 Å². The minimum atomic E-state index is -4.36. The highest BCUT2D eigenvalue weighted by Gasteiger charge is 2.29. The molecule has 2 N–H and O–H groups in total. The van der Waals surface area contributed by atoms with Crippen molar-refractivity contribution >= 4 is 41.8 Å². The molecule has 0 saturated heterocycles. The summed E-state index contributed by atoms with van der Waals surface area (Å²) in [7, 11) is 1.75. The molecule has 2 aromatic rings. The van der Waals surface area contributed by atoms with Crippen LogP contribution in [0.15, 0.2) is 53.5 Å². The molecule has 30 heavy (non-hydrogen) atoms. The first-order valence-electron chi connectivity index (χ1n) is 9.65. The monoisotopic (exact) mass is 436 g/mol. The number of alkyl halides is 3. The van der Waals surface area contributed by atoms with Crippen LogP contribution < -0.4 is 15.2 Å². The molecular formula is C22H27F3N4S. The number of rotatable bonds is 8. The second kappa shape index (κ2) is 10.5. The Morgan fingerprint density at radius 2 is 1.87 bits per heavy atom. The fraction of sp³-hybridized carbons (Fsp3) is 0.318. The zero-order chi connectivity index (χ0) is 22.3. The van der Waals surface area contributed by atoms with Crippen molar-refractivity contribution in [1.29, 1.82) is 0 Å². The van der Waals surface area contributed by atoms with Gasteiger partial charge in [0, 0.05) is 30.2 Å². The molecule has 0 radical (unpaired) electrons. The summed E-state index contributed by atoms with van der Waals surface area (Å²) in [6.07, 6.45) is 0.414. The van der Waals surface area contributed by atoms with Gasteiger partial charge in [0.05, 0.1) is 16.9 Å². The van der Waals surface area contributed by atoms with Crippen LogP contribution in [-0.4, -0.2) is 13.3 Å². The summed E-state index contributed by atoms with van der Waals surface area (Å²) >= 11 is 4.37. The fourth-order valence-electron chi connectivity index (χ4n) is 2.62. The number of halogens is 3. The smallest absolute Gasteiger partial charge is 0.355 e. The number of nitrogens with one attached hydrogen (secondary N) is 2. The largest absolute Gasteiger partial charge is 0.416 e.